The fraction of sp³-hybridized carbons (Fsp3) is 0.382. The number of ether oxygens (including phenoxy) is 1. The third kappa shape index (κ3) is 9.16. The number of unbranched alkanes of at least 4 members (excludes halogenated alkanes) is 2. The summed E-state index contributed by atoms with van der Waals surface area (Å²) in [7, 11) is 0. The molecule has 40 heavy (non-hydrogen) atoms. The van der Waals surface area contributed by atoms with Crippen LogP contribution in [0.15, 0.2) is 77.2 Å². The van der Waals surface area contributed by atoms with Crippen molar-refractivity contribution in [1.82, 2.24) is 9.88 Å². The Kier molecular flexibility index (Phi) is 11.1. The van der Waals surface area contributed by atoms with E-state index in [9.17, 15) is 9.59 Å². The number of rotatable bonds is 17. The Bertz CT molecular complexity index is 1340. The van der Waals surface area contributed by atoms with Gasteiger partial charge in [-0.15, -0.1) is 0 Å². The summed E-state index contributed by atoms with van der Waals surface area (Å²) in [6.07, 6.45) is 6.05. The highest BCUT2D eigenvalue weighted by Gasteiger charge is 2.11. The van der Waals surface area contributed by atoms with Gasteiger partial charge in [0.15, 0.2) is 17.3 Å². The predicted molar refractivity (Wildman–Crippen MR) is 159 cm³/mol. The molecule has 0 N–H and O–H groups in total. The minimum absolute atomic E-state index is 0.0791. The number of benzene rings is 3. The molecule has 0 radical (unpaired) electrons. The Morgan fingerprint density at radius 3 is 2.38 bits per heavy atom. The smallest absolute Gasteiger partial charge is 0.195 e. The number of para-hydroxylation sites is 3. The van der Waals surface area contributed by atoms with Gasteiger partial charge in [-0.2, -0.15) is 0 Å². The molecule has 1 heterocycles. The van der Waals surface area contributed by atoms with Crippen LogP contribution in [-0.4, -0.2) is 41.1 Å². The van der Waals surface area contributed by atoms with E-state index in [2.05, 4.69) is 22.0 Å². The highest BCUT2D eigenvalue weighted by Crippen LogP contribution is 2.21. The summed E-state index contributed by atoms with van der Waals surface area (Å²) in [5.74, 6) is 2.04. The van der Waals surface area contributed by atoms with Crippen molar-refractivity contribution < 1.29 is 18.7 Å². The molecule has 0 unspecified atom stereocenters. The number of ketones is 2. The maximum Gasteiger partial charge on any atom is 0.195 e. The molecule has 1 aromatic heterocycles. The third-order valence-electron chi connectivity index (χ3n) is 7.07. The summed E-state index contributed by atoms with van der Waals surface area (Å²) in [5.41, 5.74) is 4.85. The summed E-state index contributed by atoms with van der Waals surface area (Å²) in [4.78, 5) is 30.0. The first-order valence-electron chi connectivity index (χ1n) is 14.3. The van der Waals surface area contributed by atoms with Crippen LogP contribution in [0.3, 0.4) is 0 Å². The predicted octanol–water partition coefficient (Wildman–Crippen LogP) is 7.24. The molecule has 6 nitrogen and oxygen atoms in total. The molecule has 6 heteroatoms. The minimum atomic E-state index is 0.0791. The highest BCUT2D eigenvalue weighted by atomic mass is 16.5. The van der Waals surface area contributed by atoms with Gasteiger partial charge < -0.3 is 13.9 Å². The van der Waals surface area contributed by atoms with E-state index < -0.39 is 0 Å². The van der Waals surface area contributed by atoms with Crippen LogP contribution in [0.25, 0.3) is 11.1 Å². The lowest BCUT2D eigenvalue weighted by Crippen LogP contribution is -2.27. The summed E-state index contributed by atoms with van der Waals surface area (Å²) in [5, 5.41) is 0. The molecule has 0 aliphatic heterocycles. The van der Waals surface area contributed by atoms with E-state index in [-0.39, 0.29) is 11.6 Å². The fourth-order valence-electron chi connectivity index (χ4n) is 4.80. The summed E-state index contributed by atoms with van der Waals surface area (Å²) in [6.45, 7) is 6.49. The van der Waals surface area contributed by atoms with Gasteiger partial charge in [0, 0.05) is 31.5 Å². The fourth-order valence-corrected chi connectivity index (χ4v) is 4.80. The molecule has 0 amide bonds. The van der Waals surface area contributed by atoms with Crippen LogP contribution in [-0.2, 0) is 24.2 Å². The van der Waals surface area contributed by atoms with Gasteiger partial charge in [-0.25, -0.2) is 4.98 Å². The number of fused-ring (bicyclic) bond motifs is 1. The highest BCUT2D eigenvalue weighted by molar-refractivity contribution is 5.94. The third-order valence-corrected chi connectivity index (χ3v) is 7.07. The second-order valence-corrected chi connectivity index (χ2v) is 10.4. The number of aryl methyl sites for hydroxylation is 1. The van der Waals surface area contributed by atoms with Crippen molar-refractivity contribution in [3.63, 3.8) is 0 Å². The van der Waals surface area contributed by atoms with Gasteiger partial charge in [0.1, 0.15) is 17.0 Å². The number of hydrogen-bond donors (Lipinski definition) is 0. The largest absolute Gasteiger partial charge is 0.493 e. The van der Waals surface area contributed by atoms with Crippen molar-refractivity contribution >= 4 is 22.7 Å². The molecule has 0 aliphatic carbocycles. The van der Waals surface area contributed by atoms with Crippen LogP contribution >= 0.6 is 0 Å². The number of carbonyl (C=O) groups is 2. The second-order valence-electron chi connectivity index (χ2n) is 10.4. The Labute approximate surface area is 237 Å². The SMILES string of the molecule is CC(=O)CCCCN(CCc1ccccc1OCCCCc1nc2ccccc2o1)Cc1ccc(C(C)=O)cc1. The number of oxazole rings is 1. The molecule has 4 aromatic rings. The minimum Gasteiger partial charge on any atom is -0.493 e. The number of hydrogen-bond acceptors (Lipinski definition) is 6. The lowest BCUT2D eigenvalue weighted by atomic mass is 10.1. The zero-order valence-corrected chi connectivity index (χ0v) is 23.7. The zero-order chi connectivity index (χ0) is 28.2. The normalized spacial score (nSPS) is 11.3. The molecule has 0 saturated heterocycles. The Balaban J connectivity index is 1.28. The van der Waals surface area contributed by atoms with Crippen molar-refractivity contribution in [1.29, 1.82) is 0 Å². The first kappa shape index (κ1) is 29.2. The Morgan fingerprint density at radius 2 is 1.60 bits per heavy atom. The summed E-state index contributed by atoms with van der Waals surface area (Å²) < 4.78 is 12.0. The van der Waals surface area contributed by atoms with Crippen molar-refractivity contribution in [2.45, 2.75) is 65.3 Å². The van der Waals surface area contributed by atoms with Crippen LogP contribution < -0.4 is 4.74 Å². The average Bonchev–Trinajstić information content (AvgIpc) is 3.37. The van der Waals surface area contributed by atoms with E-state index >= 15 is 0 Å². The van der Waals surface area contributed by atoms with E-state index in [4.69, 9.17) is 9.15 Å². The van der Waals surface area contributed by atoms with E-state index in [1.165, 1.54) is 11.1 Å². The first-order chi connectivity index (χ1) is 19.5. The van der Waals surface area contributed by atoms with Crippen molar-refractivity contribution in [2.24, 2.45) is 0 Å². The van der Waals surface area contributed by atoms with E-state index in [0.29, 0.717) is 13.0 Å². The van der Waals surface area contributed by atoms with Gasteiger partial charge in [-0.05, 0) is 81.8 Å². The monoisotopic (exact) mass is 540 g/mol. The number of Topliss-reactive ketones (excluding diaryl/α,β-unsaturated/α-hetero) is 2. The van der Waals surface area contributed by atoms with Crippen LogP contribution in [0.2, 0.25) is 0 Å². The molecule has 0 fully saturated rings. The van der Waals surface area contributed by atoms with Gasteiger partial charge >= 0.3 is 0 Å². The molecule has 0 saturated carbocycles. The van der Waals surface area contributed by atoms with Crippen LogP contribution in [0.1, 0.15) is 73.3 Å². The first-order valence-corrected chi connectivity index (χ1v) is 14.3. The molecule has 0 atom stereocenters. The molecular formula is C34H40N2O4. The molecular weight excluding hydrogens is 500 g/mol. The topological polar surface area (TPSA) is 72.6 Å². The second kappa shape index (κ2) is 15.1. The summed E-state index contributed by atoms with van der Waals surface area (Å²) >= 11 is 0. The lowest BCUT2D eigenvalue weighted by Gasteiger charge is -2.23. The lowest BCUT2D eigenvalue weighted by molar-refractivity contribution is -0.117. The Morgan fingerprint density at radius 1 is 0.825 bits per heavy atom. The Hall–Kier alpha value is -3.77. The van der Waals surface area contributed by atoms with Gasteiger partial charge in [0.25, 0.3) is 0 Å². The van der Waals surface area contributed by atoms with Crippen LogP contribution in [0.5, 0.6) is 5.75 Å². The average molecular weight is 541 g/mol. The molecule has 0 spiro atoms. The number of carbonyl (C=O) groups excluding carboxylic acids is 2. The molecule has 210 valence electrons. The van der Waals surface area contributed by atoms with Gasteiger partial charge in [-0.3, -0.25) is 9.69 Å². The molecule has 3 aromatic carbocycles. The molecule has 0 aliphatic rings. The van der Waals surface area contributed by atoms with Gasteiger partial charge in [0.05, 0.1) is 6.61 Å². The zero-order valence-electron chi connectivity index (χ0n) is 23.7. The van der Waals surface area contributed by atoms with E-state index in [1.807, 2.05) is 60.7 Å². The maximum atomic E-state index is 11.7. The number of aromatic nitrogens is 1. The maximum absolute atomic E-state index is 11.7. The van der Waals surface area contributed by atoms with Crippen LogP contribution in [0, 0.1) is 0 Å². The quantitative estimate of drug-likeness (QED) is 0.104. The molecule has 4 rings (SSSR count). The van der Waals surface area contributed by atoms with Gasteiger partial charge in [0.2, 0.25) is 0 Å². The van der Waals surface area contributed by atoms with E-state index in [1.54, 1.807) is 13.8 Å². The van der Waals surface area contributed by atoms with E-state index in [0.717, 1.165) is 86.5 Å². The number of nitrogens with zero attached hydrogens (tertiary/aromatic N) is 2. The van der Waals surface area contributed by atoms with Crippen molar-refractivity contribution in [2.75, 3.05) is 19.7 Å². The van der Waals surface area contributed by atoms with Crippen molar-refractivity contribution in [3.8, 4) is 5.75 Å². The van der Waals surface area contributed by atoms with Crippen LogP contribution in [0.4, 0.5) is 0 Å². The molecule has 0 bridgehead atoms. The van der Waals surface area contributed by atoms with Gasteiger partial charge in [-0.1, -0.05) is 54.6 Å². The standard InChI is InChI=1S/C34H40N2O4/c1-26(37)11-7-9-22-36(25-28-17-19-29(20-18-28)27(2)38)23-21-30-12-3-5-14-32(30)39-24-10-8-16-34-35-31-13-4-6-15-33(31)40-34/h3-6,12-15,17-20H,7-11,16,21-25H2,1-2H3. The van der Waals surface area contributed by atoms with Crippen molar-refractivity contribution in [3.05, 3.63) is 95.4 Å². The summed E-state index contributed by atoms with van der Waals surface area (Å²) in [6, 6.07) is 24.0.